The zero-order chi connectivity index (χ0) is 11.5. The summed E-state index contributed by atoms with van der Waals surface area (Å²) in [5, 5.41) is 6.02. The second-order valence-electron chi connectivity index (χ2n) is 3.12. The lowest BCUT2D eigenvalue weighted by Crippen LogP contribution is -2.16. The lowest BCUT2D eigenvalue weighted by molar-refractivity contribution is -0.117. The van der Waals surface area contributed by atoms with Crippen molar-refractivity contribution in [3.63, 3.8) is 0 Å². The topological polar surface area (TPSA) is 80.9 Å². The number of thiophene rings is 1. The van der Waals surface area contributed by atoms with E-state index in [1.54, 1.807) is 0 Å². The average molecular weight is 257 g/mol. The van der Waals surface area contributed by atoms with Gasteiger partial charge in [0.15, 0.2) is 0 Å². The van der Waals surface area contributed by atoms with E-state index in [4.69, 9.17) is 17.3 Å². The number of nitrogens with zero attached hydrogens (tertiary/aromatic N) is 2. The van der Waals surface area contributed by atoms with Crippen molar-refractivity contribution in [3.8, 4) is 0 Å². The molecule has 0 aliphatic rings. The number of hydrogen-bond acceptors (Lipinski definition) is 5. The average Bonchev–Trinajstić information content (AvgIpc) is 2.64. The van der Waals surface area contributed by atoms with Crippen LogP contribution in [-0.4, -0.2) is 22.4 Å². The fourth-order valence-electron chi connectivity index (χ4n) is 1.27. The van der Waals surface area contributed by atoms with Crippen molar-refractivity contribution in [1.29, 1.82) is 0 Å². The van der Waals surface area contributed by atoms with Crippen LogP contribution in [0.5, 0.6) is 0 Å². The van der Waals surface area contributed by atoms with Gasteiger partial charge in [0.1, 0.15) is 10.6 Å². The number of carbonyl (C=O) groups is 1. The molecular weight excluding hydrogens is 248 g/mol. The van der Waals surface area contributed by atoms with Gasteiger partial charge in [-0.15, -0.1) is 11.3 Å². The molecule has 2 aromatic rings. The Hall–Kier alpha value is -1.40. The summed E-state index contributed by atoms with van der Waals surface area (Å²) < 4.78 is 0. The summed E-state index contributed by atoms with van der Waals surface area (Å²) in [5.41, 5.74) is 5.04. The van der Waals surface area contributed by atoms with E-state index < -0.39 is 0 Å². The molecule has 3 N–H and O–H groups in total. The van der Waals surface area contributed by atoms with Gasteiger partial charge in [-0.1, -0.05) is 0 Å². The van der Waals surface area contributed by atoms with Crippen LogP contribution in [0.4, 0.5) is 5.82 Å². The monoisotopic (exact) mass is 256 g/mol. The maximum absolute atomic E-state index is 10.6. The number of amides is 1. The lowest BCUT2D eigenvalue weighted by Gasteiger charge is -2.05. The van der Waals surface area contributed by atoms with Crippen molar-refractivity contribution in [3.05, 3.63) is 16.7 Å². The van der Waals surface area contributed by atoms with Crippen LogP contribution >= 0.6 is 22.9 Å². The van der Waals surface area contributed by atoms with Crippen molar-refractivity contribution >= 4 is 44.9 Å². The van der Waals surface area contributed by atoms with Gasteiger partial charge in [0, 0.05) is 13.0 Å². The lowest BCUT2D eigenvalue weighted by atomic mass is 10.3. The van der Waals surface area contributed by atoms with E-state index in [0.717, 1.165) is 10.2 Å². The molecule has 0 aliphatic heterocycles. The van der Waals surface area contributed by atoms with Crippen LogP contribution < -0.4 is 11.1 Å². The molecule has 7 heteroatoms. The van der Waals surface area contributed by atoms with Crippen LogP contribution in [0.25, 0.3) is 10.2 Å². The van der Waals surface area contributed by atoms with Crippen LogP contribution in [0.15, 0.2) is 11.4 Å². The van der Waals surface area contributed by atoms with Gasteiger partial charge in [0.25, 0.3) is 0 Å². The maximum Gasteiger partial charge on any atom is 0.225 e. The SMILES string of the molecule is NC(=O)CCNc1nc(Cl)nc2sccc12. The number of nitrogens with one attached hydrogen (secondary N) is 1. The summed E-state index contributed by atoms with van der Waals surface area (Å²) >= 11 is 7.26. The number of nitrogens with two attached hydrogens (primary N) is 1. The van der Waals surface area contributed by atoms with Crippen LogP contribution in [0, 0.1) is 0 Å². The summed E-state index contributed by atoms with van der Waals surface area (Å²) in [7, 11) is 0. The highest BCUT2D eigenvalue weighted by Gasteiger charge is 2.07. The minimum atomic E-state index is -0.353. The predicted molar refractivity (Wildman–Crippen MR) is 64.7 cm³/mol. The summed E-state index contributed by atoms with van der Waals surface area (Å²) in [4.78, 5) is 19.6. The van der Waals surface area contributed by atoms with E-state index in [2.05, 4.69) is 15.3 Å². The highest BCUT2D eigenvalue weighted by molar-refractivity contribution is 7.16. The molecule has 0 bridgehead atoms. The first kappa shape index (κ1) is 11.1. The van der Waals surface area contributed by atoms with Gasteiger partial charge < -0.3 is 11.1 Å². The molecule has 84 valence electrons. The van der Waals surface area contributed by atoms with E-state index in [0.29, 0.717) is 12.4 Å². The first-order chi connectivity index (χ1) is 7.66. The Labute approximate surface area is 101 Å². The van der Waals surface area contributed by atoms with Gasteiger partial charge in [-0.05, 0) is 23.0 Å². The van der Waals surface area contributed by atoms with Gasteiger partial charge in [-0.25, -0.2) is 9.97 Å². The Morgan fingerprint density at radius 3 is 3.12 bits per heavy atom. The van der Waals surface area contributed by atoms with E-state index in [1.807, 2.05) is 11.4 Å². The predicted octanol–water partition coefficient (Wildman–Crippen LogP) is 1.63. The summed E-state index contributed by atoms with van der Waals surface area (Å²) in [5.74, 6) is 0.284. The fourth-order valence-corrected chi connectivity index (χ4v) is 2.25. The fraction of sp³-hybridized carbons (Fsp3) is 0.222. The first-order valence-electron chi connectivity index (χ1n) is 4.60. The highest BCUT2D eigenvalue weighted by atomic mass is 35.5. The summed E-state index contributed by atoms with van der Waals surface area (Å²) in [6.07, 6.45) is 0.257. The third-order valence-corrected chi connectivity index (χ3v) is 2.94. The number of carbonyl (C=O) groups excluding carboxylic acids is 1. The molecule has 2 aromatic heterocycles. The zero-order valence-electron chi connectivity index (χ0n) is 8.24. The summed E-state index contributed by atoms with van der Waals surface area (Å²) in [6, 6.07) is 1.91. The molecule has 0 saturated carbocycles. The van der Waals surface area contributed by atoms with Gasteiger partial charge >= 0.3 is 0 Å². The Morgan fingerprint density at radius 1 is 1.56 bits per heavy atom. The third kappa shape index (κ3) is 2.40. The second-order valence-corrected chi connectivity index (χ2v) is 4.36. The molecule has 0 spiro atoms. The van der Waals surface area contributed by atoms with Crippen molar-refractivity contribution in [1.82, 2.24) is 9.97 Å². The van der Waals surface area contributed by atoms with Crippen molar-refractivity contribution in [2.45, 2.75) is 6.42 Å². The van der Waals surface area contributed by atoms with Gasteiger partial charge in [0.2, 0.25) is 11.2 Å². The van der Waals surface area contributed by atoms with Crippen LogP contribution in [0.1, 0.15) is 6.42 Å². The molecule has 0 radical (unpaired) electrons. The molecule has 2 heterocycles. The molecule has 5 nitrogen and oxygen atoms in total. The van der Waals surface area contributed by atoms with E-state index >= 15 is 0 Å². The normalized spacial score (nSPS) is 10.6. The molecular formula is C9H9ClN4OS. The maximum atomic E-state index is 10.6. The number of primary amides is 1. The third-order valence-electron chi connectivity index (χ3n) is 1.96. The summed E-state index contributed by atoms with van der Waals surface area (Å²) in [6.45, 7) is 0.438. The van der Waals surface area contributed by atoms with Crippen molar-refractivity contribution in [2.24, 2.45) is 5.73 Å². The quantitative estimate of drug-likeness (QED) is 0.815. The number of halogens is 1. The standard InChI is InChI=1S/C9H9ClN4OS/c10-9-13-7(12-3-1-6(11)15)5-2-4-16-8(5)14-9/h2,4H,1,3H2,(H2,11,15)(H,12,13,14). The second kappa shape index (κ2) is 4.63. The highest BCUT2D eigenvalue weighted by Crippen LogP contribution is 2.26. The number of fused-ring (bicyclic) bond motifs is 1. The minimum absolute atomic E-state index is 0.191. The number of hydrogen-bond donors (Lipinski definition) is 2. The molecule has 0 saturated heterocycles. The number of aromatic nitrogens is 2. The molecule has 0 fully saturated rings. The molecule has 16 heavy (non-hydrogen) atoms. The number of rotatable bonds is 4. The van der Waals surface area contributed by atoms with Crippen LogP contribution in [0.3, 0.4) is 0 Å². The molecule has 0 atom stereocenters. The number of anilines is 1. The Morgan fingerprint density at radius 2 is 2.38 bits per heavy atom. The van der Waals surface area contributed by atoms with Crippen LogP contribution in [0.2, 0.25) is 5.28 Å². The van der Waals surface area contributed by atoms with Crippen molar-refractivity contribution < 1.29 is 4.79 Å². The molecule has 0 unspecified atom stereocenters. The molecule has 0 aromatic carbocycles. The van der Waals surface area contributed by atoms with Crippen LogP contribution in [-0.2, 0) is 4.79 Å². The molecule has 2 rings (SSSR count). The Bertz CT molecular complexity index is 527. The molecule has 1 amide bonds. The van der Waals surface area contributed by atoms with Gasteiger partial charge in [0.05, 0.1) is 5.39 Å². The first-order valence-corrected chi connectivity index (χ1v) is 5.85. The van der Waals surface area contributed by atoms with E-state index in [9.17, 15) is 4.79 Å². The Kier molecular flexibility index (Phi) is 3.21. The smallest absolute Gasteiger partial charge is 0.225 e. The van der Waals surface area contributed by atoms with E-state index in [1.165, 1.54) is 11.3 Å². The van der Waals surface area contributed by atoms with E-state index in [-0.39, 0.29) is 17.6 Å². The zero-order valence-corrected chi connectivity index (χ0v) is 9.81. The largest absolute Gasteiger partial charge is 0.370 e. The Balaban J connectivity index is 2.22. The van der Waals surface area contributed by atoms with Crippen molar-refractivity contribution in [2.75, 3.05) is 11.9 Å². The van der Waals surface area contributed by atoms with Gasteiger partial charge in [-0.3, -0.25) is 4.79 Å². The minimum Gasteiger partial charge on any atom is -0.370 e. The molecule has 0 aliphatic carbocycles. The van der Waals surface area contributed by atoms with Gasteiger partial charge in [-0.2, -0.15) is 0 Å².